The van der Waals surface area contributed by atoms with E-state index in [9.17, 15) is 9.90 Å². The lowest BCUT2D eigenvalue weighted by Gasteiger charge is -2.20. The van der Waals surface area contributed by atoms with Gasteiger partial charge in [-0.1, -0.05) is 23.2 Å². The van der Waals surface area contributed by atoms with Crippen molar-refractivity contribution in [2.45, 2.75) is 12.2 Å². The number of anilines is 1. The molecule has 4 N–H and O–H groups in total. The van der Waals surface area contributed by atoms with E-state index in [0.29, 0.717) is 23.9 Å². The van der Waals surface area contributed by atoms with E-state index >= 15 is 0 Å². The van der Waals surface area contributed by atoms with Gasteiger partial charge in [0, 0.05) is 11.1 Å². The van der Waals surface area contributed by atoms with Crippen molar-refractivity contribution in [2.75, 3.05) is 38.2 Å². The normalized spacial score (nSPS) is 16.6. The Morgan fingerprint density at radius 1 is 1.30 bits per heavy atom. The number of nitrogens with one attached hydrogen (secondary N) is 1. The number of hydroxylamine groups is 2. The van der Waals surface area contributed by atoms with E-state index in [4.69, 9.17) is 53.2 Å². The maximum absolute atomic E-state index is 11.3. The SMILES string of the molecule is N#CCOc1cc(OC[C@H](O)CN2C[C@@H](Oc3ccc(Cl)cc3)CO2)c(NC(N)=O)cc1Cl. The maximum Gasteiger partial charge on any atom is 0.316 e. The number of carbonyl (C=O) groups excluding carboxylic acids is 1. The maximum atomic E-state index is 11.3. The average Bonchev–Trinajstić information content (AvgIpc) is 3.20. The molecule has 0 bridgehead atoms. The number of benzene rings is 2. The minimum Gasteiger partial charge on any atom is -0.489 e. The van der Waals surface area contributed by atoms with E-state index in [1.54, 1.807) is 29.3 Å². The van der Waals surface area contributed by atoms with E-state index in [1.165, 1.54) is 12.1 Å². The number of aliphatic hydroxyl groups is 1. The molecule has 176 valence electrons. The molecule has 0 spiro atoms. The van der Waals surface area contributed by atoms with Crippen molar-refractivity contribution in [1.82, 2.24) is 5.06 Å². The molecule has 0 unspecified atom stereocenters. The Hall–Kier alpha value is -2.94. The molecule has 1 aliphatic rings. The average molecular weight is 497 g/mol. The fraction of sp³-hybridized carbons (Fsp3) is 0.333. The van der Waals surface area contributed by atoms with E-state index in [1.807, 2.05) is 6.07 Å². The number of nitrogens with two attached hydrogens (primary N) is 1. The highest BCUT2D eigenvalue weighted by Gasteiger charge is 2.27. The number of primary amides is 1. The van der Waals surface area contributed by atoms with Gasteiger partial charge in [-0.3, -0.25) is 4.84 Å². The van der Waals surface area contributed by atoms with Gasteiger partial charge < -0.3 is 30.4 Å². The van der Waals surface area contributed by atoms with E-state index < -0.39 is 12.1 Å². The summed E-state index contributed by atoms with van der Waals surface area (Å²) in [6, 6.07) is 10.8. The number of β-amino-alcohol motifs (C(OH)–C–C–N with tert-alkyl or cyclic N) is 1. The van der Waals surface area contributed by atoms with Gasteiger partial charge in [0.1, 0.15) is 48.7 Å². The summed E-state index contributed by atoms with van der Waals surface area (Å²) in [7, 11) is 0. The first-order valence-corrected chi connectivity index (χ1v) is 10.6. The summed E-state index contributed by atoms with van der Waals surface area (Å²) in [4.78, 5) is 16.8. The van der Waals surface area contributed by atoms with Crippen LogP contribution >= 0.6 is 23.2 Å². The zero-order valence-electron chi connectivity index (χ0n) is 17.4. The van der Waals surface area contributed by atoms with Crippen molar-refractivity contribution in [2.24, 2.45) is 5.73 Å². The van der Waals surface area contributed by atoms with Crippen molar-refractivity contribution < 1.29 is 28.9 Å². The van der Waals surface area contributed by atoms with Crippen LogP contribution in [0.1, 0.15) is 0 Å². The van der Waals surface area contributed by atoms with Crippen molar-refractivity contribution in [1.29, 1.82) is 5.26 Å². The summed E-state index contributed by atoms with van der Waals surface area (Å²) in [5, 5.41) is 23.8. The van der Waals surface area contributed by atoms with Crippen molar-refractivity contribution in [3.8, 4) is 23.3 Å². The van der Waals surface area contributed by atoms with Crippen LogP contribution in [0.15, 0.2) is 36.4 Å². The third-order valence-corrected chi connectivity index (χ3v) is 4.94. The Bertz CT molecular complexity index is 1000. The van der Waals surface area contributed by atoms with Crippen LogP contribution in [0.5, 0.6) is 17.2 Å². The van der Waals surface area contributed by atoms with Gasteiger partial charge in [0.25, 0.3) is 0 Å². The number of carbonyl (C=O) groups is 1. The lowest BCUT2D eigenvalue weighted by Crippen LogP contribution is -2.34. The third-order valence-electron chi connectivity index (χ3n) is 4.40. The third kappa shape index (κ3) is 7.56. The Morgan fingerprint density at radius 2 is 2.06 bits per heavy atom. The molecule has 0 aromatic heterocycles. The second-order valence-corrected chi connectivity index (χ2v) is 7.86. The van der Waals surface area contributed by atoms with Crippen LogP contribution in [0.4, 0.5) is 10.5 Å². The van der Waals surface area contributed by atoms with E-state index in [-0.39, 0.29) is 48.1 Å². The van der Waals surface area contributed by atoms with Gasteiger partial charge in [-0.25, -0.2) is 4.79 Å². The molecule has 2 atom stereocenters. The number of halogens is 2. The van der Waals surface area contributed by atoms with E-state index in [2.05, 4.69) is 5.32 Å². The summed E-state index contributed by atoms with van der Waals surface area (Å²) >= 11 is 12.0. The Balaban J connectivity index is 1.54. The molecule has 33 heavy (non-hydrogen) atoms. The topological polar surface area (TPSA) is 139 Å². The van der Waals surface area contributed by atoms with Gasteiger partial charge in [-0.2, -0.15) is 10.3 Å². The number of rotatable bonds is 10. The van der Waals surface area contributed by atoms with Gasteiger partial charge in [-0.05, 0) is 30.3 Å². The summed E-state index contributed by atoms with van der Waals surface area (Å²) in [5.41, 5.74) is 5.38. The summed E-state index contributed by atoms with van der Waals surface area (Å²) in [6.07, 6.45) is -1.14. The highest BCUT2D eigenvalue weighted by Crippen LogP contribution is 2.36. The number of urea groups is 1. The molecule has 12 heteroatoms. The molecule has 2 aromatic carbocycles. The molecule has 1 fully saturated rings. The highest BCUT2D eigenvalue weighted by atomic mass is 35.5. The Labute approximate surface area is 200 Å². The van der Waals surface area contributed by atoms with E-state index in [0.717, 1.165) is 0 Å². The van der Waals surface area contributed by atoms with Crippen LogP contribution in [0.3, 0.4) is 0 Å². The minimum atomic E-state index is -0.931. The van der Waals surface area contributed by atoms with Crippen molar-refractivity contribution in [3.05, 3.63) is 46.4 Å². The number of aliphatic hydroxyl groups excluding tert-OH is 1. The minimum absolute atomic E-state index is 0.130. The standard InChI is InChI=1S/C21H22Cl2N4O6/c22-13-1-3-15(4-2-13)33-16-10-27(32-12-16)9-14(28)11-31-20-8-19(30-6-5-24)17(23)7-18(20)26-21(25)29/h1-4,7-8,14,16,28H,6,9-12H2,(H3,25,26,29)/t14-,16-/m1/s1. The molecular weight excluding hydrogens is 475 g/mol. The molecule has 10 nitrogen and oxygen atoms in total. The first kappa shape index (κ1) is 24.7. The zero-order chi connectivity index (χ0) is 23.8. The highest BCUT2D eigenvalue weighted by molar-refractivity contribution is 6.32. The lowest BCUT2D eigenvalue weighted by molar-refractivity contribution is -0.131. The van der Waals surface area contributed by atoms with Gasteiger partial charge in [-0.15, -0.1) is 0 Å². The Morgan fingerprint density at radius 3 is 2.76 bits per heavy atom. The molecule has 2 amide bonds. The van der Waals surface area contributed by atoms with Gasteiger partial charge in [0.05, 0.1) is 23.8 Å². The summed E-state index contributed by atoms with van der Waals surface area (Å²) < 4.78 is 16.7. The first-order valence-electron chi connectivity index (χ1n) is 9.84. The molecule has 0 aliphatic carbocycles. The molecule has 0 radical (unpaired) electrons. The van der Waals surface area contributed by atoms with Crippen LogP contribution in [-0.2, 0) is 4.84 Å². The molecule has 0 saturated carbocycles. The Kier molecular flexibility index (Phi) is 8.82. The lowest BCUT2D eigenvalue weighted by atomic mass is 10.2. The summed E-state index contributed by atoms with van der Waals surface area (Å²) in [6.45, 7) is 0.580. The smallest absolute Gasteiger partial charge is 0.316 e. The monoisotopic (exact) mass is 496 g/mol. The fourth-order valence-electron chi connectivity index (χ4n) is 3.00. The van der Waals surface area contributed by atoms with Crippen LogP contribution in [0.25, 0.3) is 0 Å². The molecule has 1 saturated heterocycles. The molecule has 2 aromatic rings. The number of nitrogens with zero attached hydrogens (tertiary/aromatic N) is 2. The van der Waals surface area contributed by atoms with Gasteiger partial charge >= 0.3 is 6.03 Å². The molecule has 1 aliphatic heterocycles. The predicted octanol–water partition coefficient (Wildman–Crippen LogP) is 2.82. The number of nitriles is 1. The number of ether oxygens (including phenoxy) is 3. The quantitative estimate of drug-likeness (QED) is 0.456. The largest absolute Gasteiger partial charge is 0.489 e. The first-order chi connectivity index (χ1) is 15.8. The molecule has 1 heterocycles. The second-order valence-electron chi connectivity index (χ2n) is 7.02. The van der Waals surface area contributed by atoms with Gasteiger partial charge in [0.2, 0.25) is 0 Å². The van der Waals surface area contributed by atoms with Crippen LogP contribution in [-0.4, -0.2) is 61.3 Å². The number of hydrogen-bond acceptors (Lipinski definition) is 8. The van der Waals surface area contributed by atoms with Crippen molar-refractivity contribution in [3.63, 3.8) is 0 Å². The fourth-order valence-corrected chi connectivity index (χ4v) is 3.35. The van der Waals surface area contributed by atoms with Crippen LogP contribution in [0.2, 0.25) is 10.0 Å². The van der Waals surface area contributed by atoms with Crippen LogP contribution < -0.4 is 25.3 Å². The molecule has 3 rings (SSSR count). The van der Waals surface area contributed by atoms with Crippen molar-refractivity contribution >= 4 is 34.9 Å². The molecular formula is C21H22Cl2N4O6. The van der Waals surface area contributed by atoms with Crippen LogP contribution in [0, 0.1) is 11.3 Å². The second kappa shape index (κ2) is 11.8. The summed E-state index contributed by atoms with van der Waals surface area (Å²) in [5.74, 6) is 1.02. The number of amides is 2. The van der Waals surface area contributed by atoms with Gasteiger partial charge in [0.15, 0.2) is 6.61 Å². The zero-order valence-corrected chi connectivity index (χ0v) is 18.9. The number of hydrogen-bond donors (Lipinski definition) is 3. The predicted molar refractivity (Wildman–Crippen MR) is 121 cm³/mol.